The number of nitrogens with one attached hydrogen (secondary N) is 1. The second kappa shape index (κ2) is 4.31. The molecular weight excluding hydrogens is 283 g/mol. The molecule has 2 rings (SSSR count). The Kier molecular flexibility index (Phi) is 3.29. The summed E-state index contributed by atoms with van der Waals surface area (Å²) >= 11 is 11.6. The Hall–Kier alpha value is -0.490. The molecule has 1 aliphatic rings. The number of halogens is 2. The molecule has 0 aliphatic heterocycles. The molecule has 0 radical (unpaired) electrons. The fraction of sp³-hybridized carbons (Fsp3) is 0.400. The first-order valence-corrected chi connectivity index (χ1v) is 7.32. The summed E-state index contributed by atoms with van der Waals surface area (Å²) in [4.78, 5) is -0.0276. The first-order valence-electron chi connectivity index (χ1n) is 5.08. The van der Waals surface area contributed by atoms with Crippen molar-refractivity contribution in [2.75, 3.05) is 5.73 Å². The van der Waals surface area contributed by atoms with E-state index in [9.17, 15) is 8.42 Å². The van der Waals surface area contributed by atoms with Gasteiger partial charge < -0.3 is 5.73 Å². The van der Waals surface area contributed by atoms with E-state index in [0.29, 0.717) is 5.92 Å². The number of anilines is 1. The van der Waals surface area contributed by atoms with Crippen LogP contribution in [-0.2, 0) is 10.0 Å². The van der Waals surface area contributed by atoms with Crippen molar-refractivity contribution in [1.29, 1.82) is 0 Å². The van der Waals surface area contributed by atoms with E-state index < -0.39 is 10.0 Å². The van der Waals surface area contributed by atoms with Gasteiger partial charge in [-0.05, 0) is 24.5 Å². The second-order valence-electron chi connectivity index (χ2n) is 4.21. The normalized spacial score (nSPS) is 23.7. The fourth-order valence-electron chi connectivity index (χ4n) is 1.51. The minimum atomic E-state index is -3.62. The average Bonchev–Trinajstić information content (AvgIpc) is 2.89. The summed E-state index contributed by atoms with van der Waals surface area (Å²) in [6.45, 7) is 1.98. The molecule has 1 fully saturated rings. The summed E-state index contributed by atoms with van der Waals surface area (Å²) < 4.78 is 26.6. The van der Waals surface area contributed by atoms with E-state index in [1.807, 2.05) is 6.92 Å². The van der Waals surface area contributed by atoms with Gasteiger partial charge >= 0.3 is 0 Å². The highest BCUT2D eigenvalue weighted by Crippen LogP contribution is 2.35. The van der Waals surface area contributed by atoms with E-state index in [0.717, 1.165) is 6.42 Å². The van der Waals surface area contributed by atoms with Crippen molar-refractivity contribution in [2.45, 2.75) is 24.3 Å². The van der Waals surface area contributed by atoms with Crippen LogP contribution >= 0.6 is 23.2 Å². The van der Waals surface area contributed by atoms with Crippen molar-refractivity contribution in [1.82, 2.24) is 4.72 Å². The molecule has 0 aromatic heterocycles. The van der Waals surface area contributed by atoms with E-state index >= 15 is 0 Å². The molecule has 3 N–H and O–H groups in total. The Morgan fingerprint density at radius 2 is 2.00 bits per heavy atom. The highest BCUT2D eigenvalue weighted by molar-refractivity contribution is 7.89. The van der Waals surface area contributed by atoms with E-state index in [1.54, 1.807) is 0 Å². The fourth-order valence-corrected chi connectivity index (χ4v) is 3.63. The van der Waals surface area contributed by atoms with Gasteiger partial charge in [0.25, 0.3) is 0 Å². The number of nitrogen functional groups attached to an aromatic ring is 1. The minimum Gasteiger partial charge on any atom is -0.396 e. The SMILES string of the molecule is CC1CC1NS(=O)(=O)c1ccc(Cl)c(N)c1Cl. The molecule has 0 spiro atoms. The first-order chi connectivity index (χ1) is 7.83. The minimum absolute atomic E-state index is 0.00651. The third kappa shape index (κ3) is 2.52. The Bertz CT molecular complexity index is 560. The maximum atomic E-state index is 12.0. The summed E-state index contributed by atoms with van der Waals surface area (Å²) in [6, 6.07) is 2.78. The summed E-state index contributed by atoms with van der Waals surface area (Å²) in [5, 5.41) is 0.215. The average molecular weight is 295 g/mol. The van der Waals surface area contributed by atoms with Crippen molar-refractivity contribution in [2.24, 2.45) is 5.92 Å². The van der Waals surface area contributed by atoms with Crippen LogP contribution in [0, 0.1) is 5.92 Å². The molecule has 4 nitrogen and oxygen atoms in total. The predicted octanol–water partition coefficient (Wildman–Crippen LogP) is 2.26. The lowest BCUT2D eigenvalue weighted by Gasteiger charge is -2.10. The number of benzene rings is 1. The molecule has 0 heterocycles. The molecule has 0 amide bonds. The Morgan fingerprint density at radius 3 is 2.53 bits per heavy atom. The second-order valence-corrected chi connectivity index (χ2v) is 6.68. The van der Waals surface area contributed by atoms with Gasteiger partial charge in [-0.15, -0.1) is 0 Å². The lowest BCUT2D eigenvalue weighted by molar-refractivity contribution is 0.578. The summed E-state index contributed by atoms with van der Waals surface area (Å²) in [5.41, 5.74) is 5.68. The van der Waals surface area contributed by atoms with Gasteiger partial charge in [-0.2, -0.15) is 0 Å². The predicted molar refractivity (Wildman–Crippen MR) is 68.8 cm³/mol. The van der Waals surface area contributed by atoms with E-state index in [1.165, 1.54) is 12.1 Å². The largest absolute Gasteiger partial charge is 0.396 e. The highest BCUT2D eigenvalue weighted by Gasteiger charge is 2.37. The highest BCUT2D eigenvalue weighted by atomic mass is 35.5. The van der Waals surface area contributed by atoms with E-state index in [-0.39, 0.29) is 26.7 Å². The summed E-state index contributed by atoms with van der Waals surface area (Å²) in [6.07, 6.45) is 0.847. The van der Waals surface area contributed by atoms with E-state index in [4.69, 9.17) is 28.9 Å². The lowest BCUT2D eigenvalue weighted by Crippen LogP contribution is -2.27. The van der Waals surface area contributed by atoms with E-state index in [2.05, 4.69) is 4.72 Å². The number of sulfonamides is 1. The van der Waals surface area contributed by atoms with Gasteiger partial charge in [-0.25, -0.2) is 13.1 Å². The zero-order valence-corrected chi connectivity index (χ0v) is 11.4. The van der Waals surface area contributed by atoms with Crippen LogP contribution in [0.2, 0.25) is 10.0 Å². The van der Waals surface area contributed by atoms with Gasteiger partial charge in [0.1, 0.15) is 4.90 Å². The molecule has 1 aromatic rings. The molecule has 17 heavy (non-hydrogen) atoms. The molecular formula is C10H12Cl2N2O2S. The topological polar surface area (TPSA) is 72.2 Å². The molecule has 2 atom stereocenters. The monoisotopic (exact) mass is 294 g/mol. The van der Waals surface area contributed by atoms with Gasteiger partial charge in [-0.1, -0.05) is 30.1 Å². The Balaban J connectivity index is 2.36. The third-order valence-corrected chi connectivity index (χ3v) is 5.18. The summed E-state index contributed by atoms with van der Waals surface area (Å²) in [7, 11) is -3.62. The Morgan fingerprint density at radius 1 is 1.41 bits per heavy atom. The Labute approximate surface area is 110 Å². The first kappa shape index (κ1) is 13.0. The summed E-state index contributed by atoms with van der Waals surface area (Å²) in [5.74, 6) is 0.369. The van der Waals surface area contributed by atoms with Crippen LogP contribution in [0.25, 0.3) is 0 Å². The van der Waals surface area contributed by atoms with Crippen LogP contribution in [0.5, 0.6) is 0 Å². The molecule has 0 saturated heterocycles. The van der Waals surface area contributed by atoms with Crippen molar-refractivity contribution in [3.05, 3.63) is 22.2 Å². The van der Waals surface area contributed by atoms with Crippen LogP contribution in [0.15, 0.2) is 17.0 Å². The number of hydrogen-bond donors (Lipinski definition) is 2. The van der Waals surface area contributed by atoms with Gasteiger partial charge in [0.2, 0.25) is 10.0 Å². The van der Waals surface area contributed by atoms with Gasteiger partial charge in [0.05, 0.1) is 15.7 Å². The zero-order chi connectivity index (χ0) is 12.8. The van der Waals surface area contributed by atoms with Crippen LogP contribution < -0.4 is 10.5 Å². The quantitative estimate of drug-likeness (QED) is 0.840. The standard InChI is InChI=1S/C10H12Cl2N2O2S/c1-5-4-7(5)14-17(15,16)8-3-2-6(11)10(13)9(8)12/h2-3,5,7,14H,4,13H2,1H3. The van der Waals surface area contributed by atoms with Gasteiger partial charge in [0, 0.05) is 6.04 Å². The van der Waals surface area contributed by atoms with Gasteiger partial charge in [-0.3, -0.25) is 0 Å². The maximum Gasteiger partial charge on any atom is 0.242 e. The number of hydrogen-bond acceptors (Lipinski definition) is 3. The molecule has 2 unspecified atom stereocenters. The molecule has 1 aromatic carbocycles. The van der Waals surface area contributed by atoms with Crippen LogP contribution in [0.1, 0.15) is 13.3 Å². The smallest absolute Gasteiger partial charge is 0.242 e. The molecule has 1 saturated carbocycles. The van der Waals surface area contributed by atoms with Crippen LogP contribution in [0.3, 0.4) is 0 Å². The lowest BCUT2D eigenvalue weighted by atomic mass is 10.3. The number of rotatable bonds is 3. The van der Waals surface area contributed by atoms with Crippen molar-refractivity contribution in [3.63, 3.8) is 0 Å². The number of nitrogens with two attached hydrogens (primary N) is 1. The zero-order valence-electron chi connectivity index (χ0n) is 9.07. The van der Waals surface area contributed by atoms with Crippen LogP contribution in [-0.4, -0.2) is 14.5 Å². The molecule has 1 aliphatic carbocycles. The van der Waals surface area contributed by atoms with Gasteiger partial charge in [0.15, 0.2) is 0 Å². The van der Waals surface area contributed by atoms with Crippen molar-refractivity contribution in [3.8, 4) is 0 Å². The molecule has 7 heteroatoms. The van der Waals surface area contributed by atoms with Crippen molar-refractivity contribution >= 4 is 38.9 Å². The van der Waals surface area contributed by atoms with Crippen molar-refractivity contribution < 1.29 is 8.42 Å². The molecule has 94 valence electrons. The third-order valence-electron chi connectivity index (χ3n) is 2.80. The van der Waals surface area contributed by atoms with Crippen LogP contribution in [0.4, 0.5) is 5.69 Å². The maximum absolute atomic E-state index is 12.0. The molecule has 0 bridgehead atoms.